The zero-order valence-corrected chi connectivity index (χ0v) is 7.56. The Morgan fingerprint density at radius 2 is 2.21 bits per heavy atom. The summed E-state index contributed by atoms with van der Waals surface area (Å²) >= 11 is 0. The highest BCUT2D eigenvalue weighted by Gasteiger charge is 1.99. The molecule has 0 heterocycles. The van der Waals surface area contributed by atoms with Gasteiger partial charge in [0.2, 0.25) is 0 Å². The van der Waals surface area contributed by atoms with Gasteiger partial charge < -0.3 is 4.74 Å². The van der Waals surface area contributed by atoms with Gasteiger partial charge in [0, 0.05) is 11.5 Å². The molecule has 1 aromatic carbocycles. The van der Waals surface area contributed by atoms with Gasteiger partial charge in [-0.3, -0.25) is 0 Å². The van der Waals surface area contributed by atoms with E-state index in [2.05, 4.69) is 10.0 Å². The second-order valence-corrected chi connectivity index (χ2v) is 2.59. The smallest absolute Gasteiger partial charge is 0.165 e. The molecule has 1 rings (SSSR count). The molecule has 0 atom stereocenters. The fourth-order valence-corrected chi connectivity index (χ4v) is 0.924. The molecule has 0 saturated heterocycles. The Hall–Kier alpha value is -1.74. The number of para-hydroxylation sites is 1. The monoisotopic (exact) mass is 195 g/mol. The van der Waals surface area contributed by atoms with Crippen LogP contribution in [0.5, 0.6) is 5.75 Å². The van der Waals surface area contributed by atoms with Crippen molar-refractivity contribution in [3.8, 4) is 5.75 Å². The van der Waals surface area contributed by atoms with Crippen LogP contribution >= 0.6 is 0 Å². The third-order valence-corrected chi connectivity index (χ3v) is 1.56. The van der Waals surface area contributed by atoms with E-state index >= 15 is 0 Å². The Morgan fingerprint density at radius 1 is 1.43 bits per heavy atom. The van der Waals surface area contributed by atoms with Gasteiger partial charge in [-0.1, -0.05) is 17.2 Å². The minimum absolute atomic E-state index is 0.230. The van der Waals surface area contributed by atoms with E-state index in [0.29, 0.717) is 19.6 Å². The fourth-order valence-electron chi connectivity index (χ4n) is 0.924. The number of hydrogen-bond donors (Lipinski definition) is 0. The van der Waals surface area contributed by atoms with E-state index in [1.807, 2.05) is 0 Å². The largest absolute Gasteiger partial charge is 0.491 e. The Balaban J connectivity index is 2.31. The molecule has 4 nitrogen and oxygen atoms in total. The maximum Gasteiger partial charge on any atom is 0.165 e. The highest BCUT2D eigenvalue weighted by molar-refractivity contribution is 5.23. The highest BCUT2D eigenvalue weighted by atomic mass is 19.1. The molecule has 0 saturated carbocycles. The zero-order valence-electron chi connectivity index (χ0n) is 7.56. The summed E-state index contributed by atoms with van der Waals surface area (Å²) in [6, 6.07) is 6.19. The standard InChI is InChI=1S/C9H10FN3O/c10-8-4-1-2-5-9(8)14-7-3-6-12-13-11/h1-2,4-5H,3,6-7H2. The van der Waals surface area contributed by atoms with E-state index in [4.69, 9.17) is 10.3 Å². The molecule has 0 unspecified atom stereocenters. The van der Waals surface area contributed by atoms with Crippen molar-refractivity contribution in [1.29, 1.82) is 0 Å². The molecule has 0 bridgehead atoms. The summed E-state index contributed by atoms with van der Waals surface area (Å²) in [4.78, 5) is 2.59. The second-order valence-electron chi connectivity index (χ2n) is 2.59. The van der Waals surface area contributed by atoms with Crippen molar-refractivity contribution < 1.29 is 9.13 Å². The molecule has 0 spiro atoms. The molecule has 0 aliphatic carbocycles. The van der Waals surface area contributed by atoms with Gasteiger partial charge in [0.1, 0.15) is 0 Å². The van der Waals surface area contributed by atoms with Gasteiger partial charge in [-0.05, 0) is 24.1 Å². The third kappa shape index (κ3) is 3.33. The first-order chi connectivity index (χ1) is 6.84. The number of rotatable bonds is 5. The lowest BCUT2D eigenvalue weighted by atomic mass is 10.3. The number of halogens is 1. The fraction of sp³-hybridized carbons (Fsp3) is 0.333. The number of benzene rings is 1. The van der Waals surface area contributed by atoms with Crippen LogP contribution in [0.2, 0.25) is 0 Å². The summed E-state index contributed by atoms with van der Waals surface area (Å²) in [5.74, 6) is -0.148. The maximum absolute atomic E-state index is 13.0. The molecular formula is C9H10FN3O. The van der Waals surface area contributed by atoms with Gasteiger partial charge >= 0.3 is 0 Å². The van der Waals surface area contributed by atoms with Crippen LogP contribution in [0.3, 0.4) is 0 Å². The van der Waals surface area contributed by atoms with Crippen molar-refractivity contribution in [2.75, 3.05) is 13.2 Å². The van der Waals surface area contributed by atoms with Gasteiger partial charge in [-0.2, -0.15) is 0 Å². The summed E-state index contributed by atoms with van der Waals surface area (Å²) in [6.45, 7) is 0.713. The number of hydrogen-bond acceptors (Lipinski definition) is 2. The highest BCUT2D eigenvalue weighted by Crippen LogP contribution is 2.15. The van der Waals surface area contributed by atoms with Crippen molar-refractivity contribution in [3.05, 3.63) is 40.5 Å². The average Bonchev–Trinajstić information content (AvgIpc) is 2.20. The molecule has 0 amide bonds. The zero-order chi connectivity index (χ0) is 10.2. The number of azide groups is 1. The van der Waals surface area contributed by atoms with Crippen molar-refractivity contribution in [3.63, 3.8) is 0 Å². The van der Waals surface area contributed by atoms with Gasteiger partial charge in [0.15, 0.2) is 11.6 Å². The predicted octanol–water partition coefficient (Wildman–Crippen LogP) is 2.90. The Bertz CT molecular complexity index is 337. The predicted molar refractivity (Wildman–Crippen MR) is 50.5 cm³/mol. The van der Waals surface area contributed by atoms with Gasteiger partial charge in [-0.15, -0.1) is 0 Å². The van der Waals surface area contributed by atoms with Crippen LogP contribution in [-0.2, 0) is 0 Å². The van der Waals surface area contributed by atoms with Crippen molar-refractivity contribution in [2.45, 2.75) is 6.42 Å². The summed E-state index contributed by atoms with van der Waals surface area (Å²) < 4.78 is 18.1. The molecule has 74 valence electrons. The molecule has 0 fully saturated rings. The molecule has 0 aliphatic rings. The Labute approximate surface area is 80.9 Å². The number of ether oxygens (including phenoxy) is 1. The van der Waals surface area contributed by atoms with Crippen molar-refractivity contribution >= 4 is 0 Å². The van der Waals surface area contributed by atoms with E-state index in [1.165, 1.54) is 6.07 Å². The first kappa shape index (κ1) is 10.3. The molecule has 0 aliphatic heterocycles. The summed E-state index contributed by atoms with van der Waals surface area (Å²) in [5.41, 5.74) is 7.98. The van der Waals surface area contributed by atoms with Crippen LogP contribution in [0.1, 0.15) is 6.42 Å². The van der Waals surface area contributed by atoms with E-state index in [-0.39, 0.29) is 11.6 Å². The minimum Gasteiger partial charge on any atom is -0.491 e. The lowest BCUT2D eigenvalue weighted by Crippen LogP contribution is -2.00. The van der Waals surface area contributed by atoms with Crippen LogP contribution in [0.4, 0.5) is 4.39 Å². The molecule has 0 N–H and O–H groups in total. The molecule has 1 aromatic rings. The van der Waals surface area contributed by atoms with Crippen molar-refractivity contribution in [2.24, 2.45) is 5.11 Å². The normalized spacial score (nSPS) is 9.21. The number of nitrogens with zero attached hydrogens (tertiary/aromatic N) is 3. The summed E-state index contributed by atoms with van der Waals surface area (Å²) in [7, 11) is 0. The average molecular weight is 195 g/mol. The van der Waals surface area contributed by atoms with Crippen LogP contribution in [0.25, 0.3) is 10.4 Å². The van der Waals surface area contributed by atoms with Crippen LogP contribution in [0.15, 0.2) is 29.4 Å². The Kier molecular flexibility index (Phi) is 4.31. The van der Waals surface area contributed by atoms with Crippen LogP contribution < -0.4 is 4.74 Å². The molecule has 0 radical (unpaired) electrons. The van der Waals surface area contributed by atoms with E-state index in [9.17, 15) is 4.39 Å². The van der Waals surface area contributed by atoms with E-state index in [0.717, 1.165) is 0 Å². The minimum atomic E-state index is -0.378. The lowest BCUT2D eigenvalue weighted by Gasteiger charge is -2.04. The molecular weight excluding hydrogens is 185 g/mol. The lowest BCUT2D eigenvalue weighted by molar-refractivity contribution is 0.298. The SMILES string of the molecule is [N-]=[N+]=NCCCOc1ccccc1F. The van der Waals surface area contributed by atoms with Crippen LogP contribution in [0, 0.1) is 5.82 Å². The first-order valence-electron chi connectivity index (χ1n) is 4.23. The first-order valence-corrected chi connectivity index (χ1v) is 4.23. The van der Waals surface area contributed by atoms with Crippen molar-refractivity contribution in [1.82, 2.24) is 0 Å². The maximum atomic E-state index is 13.0. The summed E-state index contributed by atoms with van der Waals surface area (Å²) in [5, 5.41) is 3.33. The van der Waals surface area contributed by atoms with Gasteiger partial charge in [0.25, 0.3) is 0 Å². The molecule has 0 aromatic heterocycles. The quantitative estimate of drug-likeness (QED) is 0.308. The second kappa shape index (κ2) is 5.83. The molecule has 5 heteroatoms. The van der Waals surface area contributed by atoms with E-state index in [1.54, 1.807) is 18.2 Å². The topological polar surface area (TPSA) is 58.0 Å². The van der Waals surface area contributed by atoms with Crippen LogP contribution in [-0.4, -0.2) is 13.2 Å². The molecule has 14 heavy (non-hydrogen) atoms. The van der Waals surface area contributed by atoms with Gasteiger partial charge in [-0.25, -0.2) is 4.39 Å². The Morgan fingerprint density at radius 3 is 2.93 bits per heavy atom. The summed E-state index contributed by atoms with van der Waals surface area (Å²) in [6.07, 6.45) is 0.582. The van der Waals surface area contributed by atoms with Gasteiger partial charge in [0.05, 0.1) is 6.61 Å². The van der Waals surface area contributed by atoms with E-state index < -0.39 is 0 Å². The third-order valence-electron chi connectivity index (χ3n) is 1.56.